The summed E-state index contributed by atoms with van der Waals surface area (Å²) in [4.78, 5) is 33.4. The van der Waals surface area contributed by atoms with E-state index in [9.17, 15) is 13.2 Å². The topological polar surface area (TPSA) is 104 Å². The van der Waals surface area contributed by atoms with Gasteiger partial charge in [0, 0.05) is 80.3 Å². The van der Waals surface area contributed by atoms with Crippen LogP contribution in [-0.4, -0.2) is 85.3 Å². The van der Waals surface area contributed by atoms with Gasteiger partial charge in [-0.2, -0.15) is 12.7 Å². The highest BCUT2D eigenvalue weighted by atomic mass is 32.2. The Morgan fingerprint density at radius 1 is 0.943 bits per heavy atom. The zero-order chi connectivity index (χ0) is 37.2. The van der Waals surface area contributed by atoms with Gasteiger partial charge in [0.05, 0.1) is 18.2 Å². The number of carbonyl (C=O) groups is 2. The molecule has 2 amide bonds. The van der Waals surface area contributed by atoms with Gasteiger partial charge < -0.3 is 14.2 Å². The van der Waals surface area contributed by atoms with Crippen LogP contribution in [-0.2, 0) is 28.1 Å². The van der Waals surface area contributed by atoms with Crippen molar-refractivity contribution >= 4 is 32.9 Å². The van der Waals surface area contributed by atoms with Crippen molar-refractivity contribution in [3.63, 3.8) is 0 Å². The van der Waals surface area contributed by atoms with Gasteiger partial charge in [0.25, 0.3) is 5.91 Å². The Morgan fingerprint density at radius 2 is 1.66 bits per heavy atom. The maximum absolute atomic E-state index is 15.3. The zero-order valence-electron chi connectivity index (χ0n) is 31.5. The van der Waals surface area contributed by atoms with Crippen molar-refractivity contribution in [1.29, 1.82) is 0 Å². The highest BCUT2D eigenvalue weighted by Gasteiger charge is 2.64. The first-order valence-electron chi connectivity index (χ1n) is 19.1. The van der Waals surface area contributed by atoms with Crippen molar-refractivity contribution in [1.82, 2.24) is 23.4 Å². The second kappa shape index (κ2) is 13.6. The molecule has 4 aliphatic rings. The van der Waals surface area contributed by atoms with Crippen LogP contribution in [0.2, 0.25) is 0 Å². The van der Waals surface area contributed by atoms with Gasteiger partial charge in [-0.3, -0.25) is 14.5 Å². The normalized spacial score (nSPS) is 24.6. The minimum Gasteiger partial charge on any atom is -0.497 e. The number of carbonyl (C=O) groups excluding carboxylic acids is 2. The average molecular weight is 738 g/mol. The van der Waals surface area contributed by atoms with Crippen molar-refractivity contribution in [2.75, 3.05) is 34.3 Å². The number of nitrogens with one attached hydrogen (secondary N) is 1. The Morgan fingerprint density at radius 3 is 2.34 bits per heavy atom. The Bertz CT molecular complexity index is 2160. The van der Waals surface area contributed by atoms with E-state index in [4.69, 9.17) is 4.74 Å². The highest BCUT2D eigenvalue weighted by Crippen LogP contribution is 2.66. The molecular weight excluding hydrogens is 687 g/mol. The third kappa shape index (κ3) is 6.24. The summed E-state index contributed by atoms with van der Waals surface area (Å²) in [6, 6.07) is 22.5. The van der Waals surface area contributed by atoms with E-state index in [0.29, 0.717) is 12.5 Å². The molecule has 0 bridgehead atoms. The minimum absolute atomic E-state index is 0.0210. The second-order valence-corrected chi connectivity index (χ2v) is 18.0. The third-order valence-corrected chi connectivity index (χ3v) is 13.8. The number of aromatic nitrogens is 1. The molecule has 1 N–H and O–H groups in total. The summed E-state index contributed by atoms with van der Waals surface area (Å²) in [7, 11) is 0.485. The molecule has 3 fully saturated rings. The molecule has 3 unspecified atom stereocenters. The molecule has 2 aliphatic heterocycles. The minimum atomic E-state index is -3.99. The molecule has 0 spiro atoms. The molecule has 10 nitrogen and oxygen atoms in total. The van der Waals surface area contributed by atoms with E-state index in [1.165, 1.54) is 31.6 Å². The molecule has 2 aliphatic carbocycles. The van der Waals surface area contributed by atoms with Crippen LogP contribution in [0.5, 0.6) is 5.75 Å². The lowest BCUT2D eigenvalue weighted by Crippen LogP contribution is -2.60. The molecular formula is C42H51N5O5S. The third-order valence-electron chi connectivity index (χ3n) is 12.4. The lowest BCUT2D eigenvalue weighted by Gasteiger charge is -2.46. The van der Waals surface area contributed by atoms with Gasteiger partial charge in [-0.25, -0.2) is 4.72 Å². The maximum Gasteiger partial charge on any atom is 0.303 e. The SMILES string of the molecule is COc1ccc2c(c1)C1CC1(C(=O)N1C(C)CN(Cc3ccccc3)C[C@H]1C)Cn1c-2c(C2CCCCC2)c2ccc(C(=O)NS(=O)(=O)N(C)C)cc21. The van der Waals surface area contributed by atoms with Crippen LogP contribution in [0.15, 0.2) is 66.7 Å². The van der Waals surface area contributed by atoms with E-state index in [1.807, 2.05) is 24.3 Å². The van der Waals surface area contributed by atoms with Crippen LogP contribution in [0, 0.1) is 5.41 Å². The van der Waals surface area contributed by atoms with Crippen molar-refractivity contribution in [2.24, 2.45) is 5.41 Å². The van der Waals surface area contributed by atoms with Gasteiger partial charge in [-0.1, -0.05) is 55.7 Å². The number of fused-ring (bicyclic) bond motifs is 7. The summed E-state index contributed by atoms with van der Waals surface area (Å²) >= 11 is 0. The number of benzene rings is 3. The number of amides is 2. The van der Waals surface area contributed by atoms with Crippen molar-refractivity contribution in [3.05, 3.63) is 89.0 Å². The lowest BCUT2D eigenvalue weighted by atomic mass is 9.81. The van der Waals surface area contributed by atoms with Gasteiger partial charge in [0.2, 0.25) is 5.91 Å². The summed E-state index contributed by atoms with van der Waals surface area (Å²) in [5.41, 5.74) is 6.40. The standard InChI is InChI=1S/C42H51N5O5S/c1-27-23-45(25-29-12-8-6-9-13-29)24-28(2)47(27)41(49)42-22-36(42)35-21-32(52-5)17-19-33(35)39-38(30-14-10-7-11-15-30)34-18-16-31(20-37(34)46(39)26-42)40(48)43-53(50,51)44(3)4/h6,8-9,12-13,16-21,27-28,30,36H,7,10-11,14-15,22-26H2,1-5H3,(H,43,48)/t27-,28?,36?,42?/m1/s1. The first-order valence-corrected chi connectivity index (χ1v) is 20.5. The van der Waals surface area contributed by atoms with Gasteiger partial charge in [0.1, 0.15) is 5.75 Å². The highest BCUT2D eigenvalue weighted by molar-refractivity contribution is 7.87. The molecule has 280 valence electrons. The monoisotopic (exact) mass is 737 g/mol. The molecule has 53 heavy (non-hydrogen) atoms. The second-order valence-electron chi connectivity index (χ2n) is 16.1. The smallest absolute Gasteiger partial charge is 0.303 e. The predicted molar refractivity (Wildman–Crippen MR) is 207 cm³/mol. The maximum atomic E-state index is 15.3. The van der Waals surface area contributed by atoms with Crippen LogP contribution in [0.25, 0.3) is 22.2 Å². The molecule has 11 heteroatoms. The molecule has 4 atom stereocenters. The van der Waals surface area contributed by atoms with E-state index in [1.54, 1.807) is 13.2 Å². The first kappa shape index (κ1) is 35.8. The van der Waals surface area contributed by atoms with Crippen LogP contribution in [0.4, 0.5) is 0 Å². The quantitative estimate of drug-likeness (QED) is 0.221. The number of hydrogen-bond acceptors (Lipinski definition) is 6. The zero-order valence-corrected chi connectivity index (χ0v) is 32.3. The summed E-state index contributed by atoms with van der Waals surface area (Å²) in [6.45, 7) is 7.29. The molecule has 4 aromatic rings. The van der Waals surface area contributed by atoms with E-state index < -0.39 is 21.5 Å². The lowest BCUT2D eigenvalue weighted by molar-refractivity contribution is -0.146. The molecule has 3 heterocycles. The summed E-state index contributed by atoms with van der Waals surface area (Å²) in [5, 5.41) is 1.07. The number of piperazine rings is 1. The molecule has 3 aromatic carbocycles. The number of methoxy groups -OCH3 is 1. The molecule has 1 aromatic heterocycles. The van der Waals surface area contributed by atoms with E-state index in [2.05, 4.69) is 69.3 Å². The largest absolute Gasteiger partial charge is 0.497 e. The Kier molecular flexibility index (Phi) is 9.18. The number of nitrogens with zero attached hydrogens (tertiary/aromatic N) is 4. The number of ether oxygens (including phenoxy) is 1. The van der Waals surface area contributed by atoms with Gasteiger partial charge in [-0.05, 0) is 86.1 Å². The van der Waals surface area contributed by atoms with Crippen molar-refractivity contribution < 1.29 is 22.7 Å². The van der Waals surface area contributed by atoms with E-state index in [0.717, 1.165) is 89.5 Å². The molecule has 0 radical (unpaired) electrons. The van der Waals surface area contributed by atoms with Crippen LogP contribution >= 0.6 is 0 Å². The Labute approximate surface area is 313 Å². The van der Waals surface area contributed by atoms with Crippen molar-refractivity contribution in [2.45, 2.75) is 89.4 Å². The van der Waals surface area contributed by atoms with Gasteiger partial charge in [-0.15, -0.1) is 0 Å². The van der Waals surface area contributed by atoms with Gasteiger partial charge >= 0.3 is 10.2 Å². The fourth-order valence-electron chi connectivity index (χ4n) is 9.75. The van der Waals surface area contributed by atoms with E-state index >= 15 is 4.79 Å². The number of hydrogen-bond donors (Lipinski definition) is 1. The van der Waals surface area contributed by atoms with Crippen LogP contribution < -0.4 is 9.46 Å². The fourth-order valence-corrected chi connectivity index (χ4v) is 10.3. The Hall–Kier alpha value is -4.19. The summed E-state index contributed by atoms with van der Waals surface area (Å²) in [5.74, 6) is 0.645. The van der Waals surface area contributed by atoms with Gasteiger partial charge in [0.15, 0.2) is 0 Å². The Balaban J connectivity index is 1.24. The average Bonchev–Trinajstić information content (AvgIpc) is 3.81. The molecule has 1 saturated heterocycles. The summed E-state index contributed by atoms with van der Waals surface area (Å²) in [6.07, 6.45) is 6.43. The molecule has 2 saturated carbocycles. The first-order chi connectivity index (χ1) is 25.4. The summed E-state index contributed by atoms with van der Waals surface area (Å²) < 4.78 is 36.6. The van der Waals surface area contributed by atoms with Crippen LogP contribution in [0.1, 0.15) is 91.3 Å². The number of rotatable bonds is 8. The predicted octanol–water partition coefficient (Wildman–Crippen LogP) is 6.51. The van der Waals surface area contributed by atoms with Crippen LogP contribution in [0.3, 0.4) is 0 Å². The van der Waals surface area contributed by atoms with E-state index in [-0.39, 0.29) is 29.5 Å². The van der Waals surface area contributed by atoms with Crippen molar-refractivity contribution in [3.8, 4) is 17.0 Å². The fraction of sp³-hybridized carbons (Fsp3) is 0.476. The molecule has 8 rings (SSSR count).